The Balaban J connectivity index is 1.91. The van der Waals surface area contributed by atoms with Crippen molar-refractivity contribution in [2.75, 3.05) is 6.54 Å². The van der Waals surface area contributed by atoms with Crippen LogP contribution in [0.5, 0.6) is 5.75 Å². The number of amides is 1. The normalized spacial score (nSPS) is 12.0. The number of ether oxygens (including phenoxy) is 1. The van der Waals surface area contributed by atoms with Gasteiger partial charge in [-0.05, 0) is 50.6 Å². The Morgan fingerprint density at radius 3 is 2.48 bits per heavy atom. The number of aryl methyl sites for hydroxylation is 1. The van der Waals surface area contributed by atoms with Crippen molar-refractivity contribution in [1.29, 1.82) is 0 Å². The lowest BCUT2D eigenvalue weighted by Gasteiger charge is -2.14. The Kier molecular flexibility index (Phi) is 5.77. The van der Waals surface area contributed by atoms with Crippen molar-refractivity contribution in [3.05, 3.63) is 65.2 Å². The molecule has 2 aromatic rings. The molecule has 4 heteroatoms. The second-order valence-corrected chi connectivity index (χ2v) is 5.83. The van der Waals surface area contributed by atoms with E-state index in [1.165, 1.54) is 0 Å². The van der Waals surface area contributed by atoms with Gasteiger partial charge < -0.3 is 15.2 Å². The van der Waals surface area contributed by atoms with Crippen LogP contribution in [0, 0.1) is 6.92 Å². The van der Waals surface area contributed by atoms with Crippen molar-refractivity contribution >= 4 is 5.91 Å². The molecule has 0 aromatic heterocycles. The summed E-state index contributed by atoms with van der Waals surface area (Å²) < 4.78 is 5.56. The molecule has 0 aliphatic rings. The quantitative estimate of drug-likeness (QED) is 0.860. The summed E-state index contributed by atoms with van der Waals surface area (Å²) in [7, 11) is 0. The zero-order valence-electron chi connectivity index (χ0n) is 13.7. The molecule has 0 bridgehead atoms. The van der Waals surface area contributed by atoms with Gasteiger partial charge in [0.15, 0.2) is 0 Å². The van der Waals surface area contributed by atoms with Gasteiger partial charge in [-0.15, -0.1) is 0 Å². The maximum absolute atomic E-state index is 12.1. The molecule has 0 fully saturated rings. The van der Waals surface area contributed by atoms with Gasteiger partial charge in [-0.25, -0.2) is 0 Å². The number of hydrogen-bond acceptors (Lipinski definition) is 3. The molecule has 0 aliphatic heterocycles. The lowest BCUT2D eigenvalue weighted by molar-refractivity contribution is 0.0916. The highest BCUT2D eigenvalue weighted by molar-refractivity contribution is 5.94. The fourth-order valence-electron chi connectivity index (χ4n) is 2.24. The van der Waals surface area contributed by atoms with Crippen LogP contribution in [-0.4, -0.2) is 23.7 Å². The van der Waals surface area contributed by atoms with E-state index in [0.717, 1.165) is 16.9 Å². The summed E-state index contributed by atoms with van der Waals surface area (Å²) in [5, 5.41) is 12.9. The molecule has 1 unspecified atom stereocenters. The van der Waals surface area contributed by atoms with Gasteiger partial charge in [0.1, 0.15) is 5.75 Å². The minimum Gasteiger partial charge on any atom is -0.491 e. The minimum absolute atomic E-state index is 0.111. The van der Waals surface area contributed by atoms with Crippen LogP contribution in [0.2, 0.25) is 0 Å². The molecule has 0 saturated carbocycles. The van der Waals surface area contributed by atoms with Crippen LogP contribution in [0.1, 0.15) is 41.4 Å². The molecule has 23 heavy (non-hydrogen) atoms. The molecule has 0 spiro atoms. The fraction of sp³-hybridized carbons (Fsp3) is 0.316. The molecular formula is C19H23NO3. The van der Waals surface area contributed by atoms with Gasteiger partial charge in [0.25, 0.3) is 5.91 Å². The van der Waals surface area contributed by atoms with E-state index in [2.05, 4.69) is 5.32 Å². The Morgan fingerprint density at radius 2 is 1.87 bits per heavy atom. The molecule has 0 aliphatic carbocycles. The summed E-state index contributed by atoms with van der Waals surface area (Å²) in [6.07, 6.45) is -0.642. The van der Waals surface area contributed by atoms with Crippen molar-refractivity contribution in [3.8, 4) is 5.75 Å². The number of rotatable bonds is 6. The first kappa shape index (κ1) is 17.0. The lowest BCUT2D eigenvalue weighted by Crippen LogP contribution is -2.28. The molecule has 0 radical (unpaired) electrons. The average molecular weight is 313 g/mol. The molecule has 4 nitrogen and oxygen atoms in total. The van der Waals surface area contributed by atoms with Gasteiger partial charge in [0.2, 0.25) is 0 Å². The first-order valence-electron chi connectivity index (χ1n) is 7.75. The number of carbonyl (C=O) groups excluding carboxylic acids is 1. The summed E-state index contributed by atoms with van der Waals surface area (Å²) in [6.45, 7) is 6.02. The molecule has 0 heterocycles. The fourth-order valence-corrected chi connectivity index (χ4v) is 2.24. The van der Waals surface area contributed by atoms with Crippen molar-refractivity contribution in [3.63, 3.8) is 0 Å². The number of carbonyl (C=O) groups is 1. The van der Waals surface area contributed by atoms with E-state index >= 15 is 0 Å². The van der Waals surface area contributed by atoms with Gasteiger partial charge >= 0.3 is 0 Å². The van der Waals surface area contributed by atoms with Gasteiger partial charge in [0, 0.05) is 12.1 Å². The van der Waals surface area contributed by atoms with Gasteiger partial charge in [-0.3, -0.25) is 4.79 Å². The van der Waals surface area contributed by atoms with Crippen molar-refractivity contribution in [2.45, 2.75) is 33.0 Å². The maximum Gasteiger partial charge on any atom is 0.251 e. The molecule has 0 saturated heterocycles. The van der Waals surface area contributed by atoms with Crippen LogP contribution in [0.25, 0.3) is 0 Å². The number of aliphatic hydroxyl groups is 1. The monoisotopic (exact) mass is 313 g/mol. The Hall–Kier alpha value is -2.33. The third kappa shape index (κ3) is 5.11. The van der Waals surface area contributed by atoms with Crippen LogP contribution in [0.15, 0.2) is 48.5 Å². The van der Waals surface area contributed by atoms with Crippen molar-refractivity contribution < 1.29 is 14.6 Å². The largest absolute Gasteiger partial charge is 0.491 e. The number of aliphatic hydroxyl groups excluding tert-OH is 1. The lowest BCUT2D eigenvalue weighted by atomic mass is 10.1. The zero-order valence-corrected chi connectivity index (χ0v) is 13.7. The highest BCUT2D eigenvalue weighted by atomic mass is 16.5. The molecule has 1 atom stereocenters. The molecule has 122 valence electrons. The maximum atomic E-state index is 12.1. The van der Waals surface area contributed by atoms with Crippen LogP contribution in [-0.2, 0) is 0 Å². The predicted molar refractivity (Wildman–Crippen MR) is 90.7 cm³/mol. The average Bonchev–Trinajstić information content (AvgIpc) is 2.52. The van der Waals surface area contributed by atoms with Gasteiger partial charge in [-0.1, -0.05) is 29.8 Å². The molecule has 1 amide bonds. The Labute approximate surface area is 137 Å². The third-order valence-electron chi connectivity index (χ3n) is 3.37. The van der Waals surface area contributed by atoms with E-state index in [1.807, 2.05) is 51.1 Å². The highest BCUT2D eigenvalue weighted by Gasteiger charge is 2.11. The molecule has 2 N–H and O–H groups in total. The van der Waals surface area contributed by atoms with Crippen molar-refractivity contribution in [2.24, 2.45) is 0 Å². The van der Waals surface area contributed by atoms with Crippen LogP contribution >= 0.6 is 0 Å². The first-order chi connectivity index (χ1) is 11.0. The van der Waals surface area contributed by atoms with Crippen molar-refractivity contribution in [1.82, 2.24) is 5.32 Å². The van der Waals surface area contributed by atoms with E-state index in [0.29, 0.717) is 5.56 Å². The SMILES string of the molecule is Cc1cccc(C(=O)NCC(O)c2ccc(OC(C)C)cc2)c1. The van der Waals surface area contributed by atoms with Crippen LogP contribution in [0.4, 0.5) is 0 Å². The van der Waals surface area contributed by atoms with E-state index in [4.69, 9.17) is 4.74 Å². The molecule has 2 aromatic carbocycles. The van der Waals surface area contributed by atoms with Crippen LogP contribution in [0.3, 0.4) is 0 Å². The summed E-state index contributed by atoms with van der Waals surface area (Å²) in [6, 6.07) is 14.6. The van der Waals surface area contributed by atoms with E-state index in [9.17, 15) is 9.90 Å². The van der Waals surface area contributed by atoms with E-state index in [1.54, 1.807) is 18.2 Å². The smallest absolute Gasteiger partial charge is 0.251 e. The predicted octanol–water partition coefficient (Wildman–Crippen LogP) is 3.25. The van der Waals surface area contributed by atoms with E-state index in [-0.39, 0.29) is 18.6 Å². The summed E-state index contributed by atoms with van der Waals surface area (Å²) in [5.74, 6) is 0.576. The summed E-state index contributed by atoms with van der Waals surface area (Å²) in [5.41, 5.74) is 2.36. The Bertz CT molecular complexity index is 650. The summed E-state index contributed by atoms with van der Waals surface area (Å²) in [4.78, 5) is 12.1. The molecule has 2 rings (SSSR count). The number of nitrogens with one attached hydrogen (secondary N) is 1. The highest BCUT2D eigenvalue weighted by Crippen LogP contribution is 2.18. The van der Waals surface area contributed by atoms with Gasteiger partial charge in [0.05, 0.1) is 12.2 Å². The van der Waals surface area contributed by atoms with Gasteiger partial charge in [-0.2, -0.15) is 0 Å². The summed E-state index contributed by atoms with van der Waals surface area (Å²) >= 11 is 0. The third-order valence-corrected chi connectivity index (χ3v) is 3.37. The van der Waals surface area contributed by atoms with E-state index < -0.39 is 6.10 Å². The molecular weight excluding hydrogens is 290 g/mol. The number of hydrogen-bond donors (Lipinski definition) is 2. The number of benzene rings is 2. The zero-order chi connectivity index (χ0) is 16.8. The first-order valence-corrected chi connectivity index (χ1v) is 7.75. The second kappa shape index (κ2) is 7.79. The standard InChI is InChI=1S/C19H23NO3/c1-13(2)23-17-9-7-15(8-10-17)18(21)12-20-19(22)16-6-4-5-14(3)11-16/h4-11,13,18,21H,12H2,1-3H3,(H,20,22). The minimum atomic E-state index is -0.753. The Morgan fingerprint density at radius 1 is 1.17 bits per heavy atom. The van der Waals surface area contributed by atoms with Crippen LogP contribution < -0.4 is 10.1 Å². The second-order valence-electron chi connectivity index (χ2n) is 5.83. The topological polar surface area (TPSA) is 58.6 Å².